The fourth-order valence-electron chi connectivity index (χ4n) is 2.99. The van der Waals surface area contributed by atoms with Gasteiger partial charge in [0.2, 0.25) is 5.91 Å². The van der Waals surface area contributed by atoms with Crippen LogP contribution in [0, 0.1) is 17.5 Å². The number of carbonyl (C=O) groups excluding carboxylic acids is 2. The quantitative estimate of drug-likeness (QED) is 0.334. The molecule has 0 radical (unpaired) electrons. The second-order valence-corrected chi connectivity index (χ2v) is 7.46. The summed E-state index contributed by atoms with van der Waals surface area (Å²) in [7, 11) is 0. The molecule has 0 aliphatic carbocycles. The molecule has 172 valence electrons. The van der Waals surface area contributed by atoms with Crippen LogP contribution in [0.25, 0.3) is 11.1 Å². The van der Waals surface area contributed by atoms with Crippen LogP contribution in [0.15, 0.2) is 48.7 Å². The summed E-state index contributed by atoms with van der Waals surface area (Å²) in [4.78, 5) is 27.7. The highest BCUT2D eigenvalue weighted by Gasteiger charge is 2.18. The topological polar surface area (TPSA) is 83.1 Å². The van der Waals surface area contributed by atoms with Crippen molar-refractivity contribution in [2.45, 2.75) is 13.5 Å². The molecule has 1 heterocycles. The largest absolute Gasteiger partial charge is 0.355 e. The van der Waals surface area contributed by atoms with Crippen molar-refractivity contribution in [3.8, 4) is 11.1 Å². The van der Waals surface area contributed by atoms with Crippen LogP contribution in [0.2, 0.25) is 5.02 Å². The van der Waals surface area contributed by atoms with Gasteiger partial charge in [0.25, 0.3) is 5.91 Å². The minimum Gasteiger partial charge on any atom is -0.355 e. The minimum atomic E-state index is -1.58. The van der Waals surface area contributed by atoms with Gasteiger partial charge >= 0.3 is 0 Å². The Hall–Kier alpha value is -3.43. The summed E-state index contributed by atoms with van der Waals surface area (Å²) < 4.78 is 40.5. The van der Waals surface area contributed by atoms with Gasteiger partial charge in [0.05, 0.1) is 10.6 Å². The number of rotatable bonds is 8. The maximum Gasteiger partial charge on any atom is 0.258 e. The van der Waals surface area contributed by atoms with Crippen LogP contribution in [-0.2, 0) is 11.3 Å². The summed E-state index contributed by atoms with van der Waals surface area (Å²) >= 11 is 6.32. The van der Waals surface area contributed by atoms with E-state index in [2.05, 4.69) is 20.9 Å². The fourth-order valence-corrected chi connectivity index (χ4v) is 3.31. The number of hydrogen-bond donors (Lipinski definition) is 3. The third kappa shape index (κ3) is 6.30. The Balaban J connectivity index is 1.67. The van der Waals surface area contributed by atoms with Crippen LogP contribution in [0.4, 0.5) is 19.0 Å². The highest BCUT2D eigenvalue weighted by atomic mass is 35.5. The smallest absolute Gasteiger partial charge is 0.258 e. The Morgan fingerprint density at radius 3 is 2.39 bits per heavy atom. The van der Waals surface area contributed by atoms with E-state index in [1.807, 2.05) is 0 Å². The molecule has 0 saturated heterocycles. The molecule has 0 atom stereocenters. The van der Waals surface area contributed by atoms with E-state index >= 15 is 0 Å². The van der Waals surface area contributed by atoms with Crippen LogP contribution in [0.1, 0.15) is 22.8 Å². The molecule has 10 heteroatoms. The maximum absolute atomic E-state index is 13.6. The lowest BCUT2D eigenvalue weighted by molar-refractivity contribution is -0.118. The zero-order valence-electron chi connectivity index (χ0n) is 17.5. The molecule has 0 unspecified atom stereocenters. The van der Waals surface area contributed by atoms with Gasteiger partial charge in [-0.25, -0.2) is 18.2 Å². The molecule has 2 aromatic carbocycles. The minimum absolute atomic E-state index is 0.000435. The van der Waals surface area contributed by atoms with Crippen LogP contribution < -0.4 is 16.0 Å². The first kappa shape index (κ1) is 24.2. The Kier molecular flexibility index (Phi) is 8.02. The molecule has 3 N–H and O–H groups in total. The summed E-state index contributed by atoms with van der Waals surface area (Å²) in [5.41, 5.74) is 1.11. The van der Waals surface area contributed by atoms with Gasteiger partial charge in [-0.2, -0.15) is 0 Å². The molecule has 6 nitrogen and oxygen atoms in total. The first-order valence-corrected chi connectivity index (χ1v) is 10.3. The Morgan fingerprint density at radius 2 is 1.76 bits per heavy atom. The SMILES string of the molecule is CC(=O)NCCNCc1ccc(NC(=O)c2cccc(-c3cc(F)c(F)c(F)c3)c2Cl)nc1. The maximum atomic E-state index is 13.6. The predicted molar refractivity (Wildman–Crippen MR) is 119 cm³/mol. The third-order valence-corrected chi connectivity index (χ3v) is 5.02. The molecular weight excluding hydrogens is 457 g/mol. The number of hydrogen-bond acceptors (Lipinski definition) is 4. The van der Waals surface area contributed by atoms with E-state index in [9.17, 15) is 22.8 Å². The highest BCUT2D eigenvalue weighted by molar-refractivity contribution is 6.37. The van der Waals surface area contributed by atoms with Gasteiger partial charge < -0.3 is 16.0 Å². The Labute approximate surface area is 193 Å². The van der Waals surface area contributed by atoms with Crippen molar-refractivity contribution in [3.05, 3.63) is 82.3 Å². The van der Waals surface area contributed by atoms with Gasteiger partial charge in [-0.05, 0) is 35.4 Å². The lowest BCUT2D eigenvalue weighted by Crippen LogP contribution is -2.29. The van der Waals surface area contributed by atoms with Crippen LogP contribution in [0.5, 0.6) is 0 Å². The normalized spacial score (nSPS) is 10.7. The number of pyridine rings is 1. The van der Waals surface area contributed by atoms with Gasteiger partial charge in [0, 0.05) is 38.3 Å². The average Bonchev–Trinajstić information content (AvgIpc) is 2.78. The lowest BCUT2D eigenvalue weighted by atomic mass is 10.0. The number of halogens is 4. The highest BCUT2D eigenvalue weighted by Crippen LogP contribution is 2.32. The predicted octanol–water partition coefficient (Wildman–Crippen LogP) is 4.30. The second-order valence-electron chi connectivity index (χ2n) is 7.09. The van der Waals surface area contributed by atoms with Gasteiger partial charge in [-0.1, -0.05) is 29.8 Å². The van der Waals surface area contributed by atoms with E-state index in [1.165, 1.54) is 25.1 Å². The van der Waals surface area contributed by atoms with Crippen molar-refractivity contribution < 1.29 is 22.8 Å². The molecule has 2 amide bonds. The van der Waals surface area contributed by atoms with Crippen molar-refractivity contribution >= 4 is 29.2 Å². The number of carbonyl (C=O) groups is 2. The van der Waals surface area contributed by atoms with Crippen LogP contribution in [0.3, 0.4) is 0 Å². The van der Waals surface area contributed by atoms with Gasteiger partial charge in [-0.15, -0.1) is 0 Å². The number of amides is 2. The number of benzene rings is 2. The Bertz CT molecular complexity index is 1150. The summed E-state index contributed by atoms with van der Waals surface area (Å²) in [5, 5.41) is 8.40. The van der Waals surface area contributed by atoms with Gasteiger partial charge in [0.1, 0.15) is 5.82 Å². The summed E-state index contributed by atoms with van der Waals surface area (Å²) in [6, 6.07) is 9.43. The molecule has 0 aliphatic heterocycles. The number of nitrogens with one attached hydrogen (secondary N) is 3. The lowest BCUT2D eigenvalue weighted by Gasteiger charge is -2.11. The van der Waals surface area contributed by atoms with Gasteiger partial charge in [0.15, 0.2) is 17.5 Å². The molecule has 0 spiro atoms. The number of nitrogens with zero attached hydrogens (tertiary/aromatic N) is 1. The van der Waals surface area contributed by atoms with E-state index in [4.69, 9.17) is 11.6 Å². The fraction of sp³-hybridized carbons (Fsp3) is 0.174. The van der Waals surface area contributed by atoms with Crippen molar-refractivity contribution in [2.24, 2.45) is 0 Å². The molecular formula is C23H20ClF3N4O2. The van der Waals surface area contributed by atoms with Crippen LogP contribution in [-0.4, -0.2) is 29.9 Å². The van der Waals surface area contributed by atoms with Gasteiger partial charge in [-0.3, -0.25) is 9.59 Å². The van der Waals surface area contributed by atoms with E-state index < -0.39 is 23.4 Å². The Morgan fingerprint density at radius 1 is 1.03 bits per heavy atom. The molecule has 33 heavy (non-hydrogen) atoms. The number of aromatic nitrogens is 1. The van der Waals surface area contributed by atoms with E-state index in [0.29, 0.717) is 19.6 Å². The second kappa shape index (κ2) is 10.9. The molecule has 0 fully saturated rings. The van der Waals surface area contributed by atoms with E-state index in [1.54, 1.807) is 18.3 Å². The summed E-state index contributed by atoms with van der Waals surface area (Å²) in [5.74, 6) is -4.68. The first-order chi connectivity index (χ1) is 15.8. The molecule has 0 bridgehead atoms. The van der Waals surface area contributed by atoms with E-state index in [0.717, 1.165) is 17.7 Å². The summed E-state index contributed by atoms with van der Waals surface area (Å²) in [6.07, 6.45) is 1.59. The molecule has 0 saturated carbocycles. The van der Waals surface area contributed by atoms with Crippen molar-refractivity contribution in [1.82, 2.24) is 15.6 Å². The molecule has 3 aromatic rings. The van der Waals surface area contributed by atoms with Crippen molar-refractivity contribution in [1.29, 1.82) is 0 Å². The standard InChI is InChI=1S/C23H20ClF3N4O2/c1-13(32)29-8-7-28-11-14-5-6-20(30-12-14)31-23(33)17-4-2-3-16(21(17)24)15-9-18(25)22(27)19(26)10-15/h2-6,9-10,12,28H,7-8,11H2,1H3,(H,29,32)(H,30,31,33). The molecule has 0 aliphatic rings. The van der Waals surface area contributed by atoms with E-state index in [-0.39, 0.29) is 33.4 Å². The number of anilines is 1. The monoisotopic (exact) mass is 476 g/mol. The summed E-state index contributed by atoms with van der Waals surface area (Å²) in [6.45, 7) is 3.07. The molecule has 1 aromatic heterocycles. The van der Waals surface area contributed by atoms with Crippen molar-refractivity contribution in [2.75, 3.05) is 18.4 Å². The van der Waals surface area contributed by atoms with Crippen molar-refractivity contribution in [3.63, 3.8) is 0 Å². The third-order valence-electron chi connectivity index (χ3n) is 4.61. The average molecular weight is 477 g/mol. The zero-order chi connectivity index (χ0) is 24.0. The molecule has 3 rings (SSSR count). The first-order valence-electron chi connectivity index (χ1n) is 9.91. The van der Waals surface area contributed by atoms with Crippen LogP contribution >= 0.6 is 11.6 Å². The zero-order valence-corrected chi connectivity index (χ0v) is 18.3.